The van der Waals surface area contributed by atoms with Gasteiger partial charge in [-0.25, -0.2) is 0 Å². The predicted molar refractivity (Wildman–Crippen MR) is 57.7 cm³/mol. The third-order valence-electron chi connectivity index (χ3n) is 5.21. The Hall–Kier alpha value is -0.980. The first-order valence-corrected chi connectivity index (χ1v) is 5.56. The molecule has 1 heteroatoms. The Bertz CT molecular complexity index is 439. The minimum Gasteiger partial charge on any atom is -0.367 e. The van der Waals surface area contributed by atoms with Gasteiger partial charge in [-0.1, -0.05) is 32.0 Å². The van der Waals surface area contributed by atoms with Gasteiger partial charge >= 0.3 is 0 Å². The Morgan fingerprint density at radius 3 is 2.93 bits per heavy atom. The molecule has 1 nitrogen and oxygen atoms in total. The number of fused-ring (bicyclic) bond motifs is 4. The second-order valence-electron chi connectivity index (χ2n) is 5.48. The van der Waals surface area contributed by atoms with Gasteiger partial charge in [-0.3, -0.25) is 0 Å². The summed E-state index contributed by atoms with van der Waals surface area (Å²) in [6.07, 6.45) is 1.38. The van der Waals surface area contributed by atoms with Crippen LogP contribution in [-0.2, 0) is 5.41 Å². The standard InChI is InChI=1S/C13H15N/c1-12-7-8-14-10-6-4-3-5-9(10)13(12,2)11(12)14/h3-6,11H,7-8H2,1-2H3/t11-,12+,13-/m0/s1. The van der Waals surface area contributed by atoms with Crippen molar-refractivity contribution in [2.75, 3.05) is 11.4 Å². The van der Waals surface area contributed by atoms with E-state index in [1.54, 1.807) is 5.56 Å². The molecule has 0 radical (unpaired) electrons. The van der Waals surface area contributed by atoms with Gasteiger partial charge in [-0.05, 0) is 18.1 Å². The first-order valence-electron chi connectivity index (χ1n) is 5.56. The number of hydrogen-bond donors (Lipinski definition) is 0. The molecule has 1 saturated heterocycles. The Balaban J connectivity index is 2.04. The van der Waals surface area contributed by atoms with Crippen molar-refractivity contribution in [2.24, 2.45) is 5.41 Å². The lowest BCUT2D eigenvalue weighted by Gasteiger charge is -2.17. The van der Waals surface area contributed by atoms with E-state index in [0.717, 1.165) is 6.04 Å². The lowest BCUT2D eigenvalue weighted by atomic mass is 9.87. The van der Waals surface area contributed by atoms with Crippen molar-refractivity contribution in [2.45, 2.75) is 31.7 Å². The zero-order valence-electron chi connectivity index (χ0n) is 8.75. The van der Waals surface area contributed by atoms with Crippen LogP contribution in [0.4, 0.5) is 5.69 Å². The third kappa shape index (κ3) is 0.460. The summed E-state index contributed by atoms with van der Waals surface area (Å²) in [5, 5.41) is 0. The maximum atomic E-state index is 2.63. The molecule has 4 rings (SSSR count). The highest BCUT2D eigenvalue weighted by molar-refractivity contribution is 5.74. The lowest BCUT2D eigenvalue weighted by molar-refractivity contribution is 0.470. The van der Waals surface area contributed by atoms with Crippen molar-refractivity contribution in [1.29, 1.82) is 0 Å². The van der Waals surface area contributed by atoms with E-state index >= 15 is 0 Å². The molecule has 1 aromatic rings. The minimum atomic E-state index is 0.474. The molecule has 2 heterocycles. The molecular weight excluding hydrogens is 170 g/mol. The average molecular weight is 185 g/mol. The third-order valence-corrected chi connectivity index (χ3v) is 5.21. The van der Waals surface area contributed by atoms with Crippen molar-refractivity contribution < 1.29 is 0 Å². The molecule has 1 saturated carbocycles. The van der Waals surface area contributed by atoms with Gasteiger partial charge in [0.2, 0.25) is 0 Å². The van der Waals surface area contributed by atoms with Crippen LogP contribution in [0.3, 0.4) is 0 Å². The lowest BCUT2D eigenvalue weighted by Crippen LogP contribution is -2.21. The van der Waals surface area contributed by atoms with Crippen LogP contribution in [0.15, 0.2) is 24.3 Å². The highest BCUT2D eigenvalue weighted by Crippen LogP contribution is 2.77. The van der Waals surface area contributed by atoms with E-state index in [-0.39, 0.29) is 0 Å². The summed E-state index contributed by atoms with van der Waals surface area (Å²) in [5.74, 6) is 0. The van der Waals surface area contributed by atoms with Gasteiger partial charge in [0.1, 0.15) is 0 Å². The average Bonchev–Trinajstić information content (AvgIpc) is 2.51. The van der Waals surface area contributed by atoms with E-state index in [0.29, 0.717) is 10.8 Å². The maximum Gasteiger partial charge on any atom is 0.0454 e. The van der Waals surface area contributed by atoms with E-state index in [1.165, 1.54) is 18.7 Å². The van der Waals surface area contributed by atoms with Gasteiger partial charge in [0, 0.05) is 29.1 Å². The molecule has 14 heavy (non-hydrogen) atoms. The van der Waals surface area contributed by atoms with E-state index in [4.69, 9.17) is 0 Å². The quantitative estimate of drug-likeness (QED) is 0.600. The van der Waals surface area contributed by atoms with Crippen LogP contribution in [0.1, 0.15) is 25.8 Å². The summed E-state index contributed by atoms with van der Waals surface area (Å²) in [7, 11) is 0. The molecule has 0 spiro atoms. The second-order valence-corrected chi connectivity index (χ2v) is 5.48. The largest absolute Gasteiger partial charge is 0.367 e. The maximum absolute atomic E-state index is 2.63. The van der Waals surface area contributed by atoms with E-state index in [9.17, 15) is 0 Å². The summed E-state index contributed by atoms with van der Waals surface area (Å²) in [4.78, 5) is 2.63. The van der Waals surface area contributed by atoms with Crippen molar-refractivity contribution >= 4 is 5.69 Å². The fraction of sp³-hybridized carbons (Fsp3) is 0.538. The summed E-state index contributed by atoms with van der Waals surface area (Å²) < 4.78 is 0. The molecule has 3 atom stereocenters. The zero-order chi connectivity index (χ0) is 9.55. The SMILES string of the molecule is C[C@@]12c3ccccc3N3CC[C@]1(C)[C@H]32. The summed E-state index contributed by atoms with van der Waals surface area (Å²) in [5.41, 5.74) is 4.17. The van der Waals surface area contributed by atoms with Crippen molar-refractivity contribution in [3.63, 3.8) is 0 Å². The van der Waals surface area contributed by atoms with Gasteiger partial charge in [0.25, 0.3) is 0 Å². The van der Waals surface area contributed by atoms with Gasteiger partial charge in [-0.2, -0.15) is 0 Å². The Kier molecular flexibility index (Phi) is 0.907. The molecule has 0 bridgehead atoms. The Morgan fingerprint density at radius 2 is 2.07 bits per heavy atom. The minimum absolute atomic E-state index is 0.474. The number of benzene rings is 1. The fourth-order valence-corrected chi connectivity index (χ4v) is 4.26. The number of hydrogen-bond acceptors (Lipinski definition) is 1. The first-order chi connectivity index (χ1) is 6.69. The highest BCUT2D eigenvalue weighted by Gasteiger charge is 2.79. The van der Waals surface area contributed by atoms with Crippen LogP contribution >= 0.6 is 0 Å². The van der Waals surface area contributed by atoms with Crippen molar-refractivity contribution in [3.8, 4) is 0 Å². The Labute approximate surface area is 84.7 Å². The van der Waals surface area contributed by atoms with Gasteiger partial charge in [0.15, 0.2) is 0 Å². The van der Waals surface area contributed by atoms with Crippen LogP contribution < -0.4 is 4.90 Å². The van der Waals surface area contributed by atoms with Gasteiger partial charge < -0.3 is 4.90 Å². The highest BCUT2D eigenvalue weighted by atomic mass is 15.3. The zero-order valence-corrected chi connectivity index (χ0v) is 8.75. The fourth-order valence-electron chi connectivity index (χ4n) is 4.26. The molecule has 0 aromatic heterocycles. The number of nitrogens with zero attached hydrogens (tertiary/aromatic N) is 1. The number of para-hydroxylation sites is 1. The van der Waals surface area contributed by atoms with E-state index < -0.39 is 0 Å². The molecule has 72 valence electrons. The van der Waals surface area contributed by atoms with Crippen LogP contribution in [0.5, 0.6) is 0 Å². The number of anilines is 1. The van der Waals surface area contributed by atoms with Gasteiger partial charge in [0.05, 0.1) is 0 Å². The molecule has 1 aromatic carbocycles. The van der Waals surface area contributed by atoms with E-state index in [2.05, 4.69) is 43.0 Å². The van der Waals surface area contributed by atoms with Crippen LogP contribution in [0, 0.1) is 5.41 Å². The first kappa shape index (κ1) is 7.33. The molecule has 3 aliphatic rings. The van der Waals surface area contributed by atoms with Crippen molar-refractivity contribution in [1.82, 2.24) is 0 Å². The van der Waals surface area contributed by atoms with Crippen molar-refractivity contribution in [3.05, 3.63) is 29.8 Å². The summed E-state index contributed by atoms with van der Waals surface area (Å²) >= 11 is 0. The second kappa shape index (κ2) is 1.73. The molecule has 2 fully saturated rings. The van der Waals surface area contributed by atoms with E-state index in [1.807, 2.05) is 0 Å². The number of rotatable bonds is 0. The monoisotopic (exact) mass is 185 g/mol. The normalized spacial score (nSPS) is 46.4. The topological polar surface area (TPSA) is 3.24 Å². The van der Waals surface area contributed by atoms with Crippen LogP contribution in [0.2, 0.25) is 0 Å². The predicted octanol–water partition coefficient (Wildman–Crippen LogP) is 2.56. The molecule has 1 aliphatic carbocycles. The molecule has 0 unspecified atom stereocenters. The molecular formula is C13H15N. The number of piperidine rings is 1. The van der Waals surface area contributed by atoms with Crippen LogP contribution in [-0.4, -0.2) is 12.6 Å². The molecule has 0 N–H and O–H groups in total. The van der Waals surface area contributed by atoms with Gasteiger partial charge in [-0.15, -0.1) is 0 Å². The Morgan fingerprint density at radius 1 is 1.29 bits per heavy atom. The van der Waals surface area contributed by atoms with Crippen LogP contribution in [0.25, 0.3) is 0 Å². The molecule has 0 amide bonds. The molecule has 2 aliphatic heterocycles. The summed E-state index contributed by atoms with van der Waals surface area (Å²) in [6.45, 7) is 6.19. The summed E-state index contributed by atoms with van der Waals surface area (Å²) in [6, 6.07) is 9.79. The smallest absolute Gasteiger partial charge is 0.0454 e.